The Morgan fingerprint density at radius 3 is 2.76 bits per heavy atom. The van der Waals surface area contributed by atoms with E-state index in [1.807, 2.05) is 0 Å². The Balaban J connectivity index is 1.72. The van der Waals surface area contributed by atoms with Crippen LogP contribution in [0.2, 0.25) is 0 Å². The predicted molar refractivity (Wildman–Crippen MR) is 90.9 cm³/mol. The van der Waals surface area contributed by atoms with Gasteiger partial charge in [-0.3, -0.25) is 0 Å². The molecule has 1 aromatic carbocycles. The van der Waals surface area contributed by atoms with E-state index in [1.54, 1.807) is 0 Å². The average molecular weight is 286 g/mol. The van der Waals surface area contributed by atoms with E-state index >= 15 is 0 Å². The van der Waals surface area contributed by atoms with E-state index in [9.17, 15) is 0 Å². The number of benzene rings is 1. The summed E-state index contributed by atoms with van der Waals surface area (Å²) in [6.45, 7) is 8.91. The summed E-state index contributed by atoms with van der Waals surface area (Å²) in [7, 11) is 0. The summed E-state index contributed by atoms with van der Waals surface area (Å²) in [5, 5.41) is 3.52. The van der Waals surface area contributed by atoms with E-state index in [0.717, 1.165) is 18.5 Å². The Kier molecular flexibility index (Phi) is 4.54. The molecule has 2 aliphatic rings. The first-order valence-electron chi connectivity index (χ1n) is 8.74. The maximum atomic E-state index is 3.52. The number of rotatable bonds is 4. The Labute approximate surface area is 129 Å². The maximum Gasteiger partial charge on any atom is 0.0371 e. The van der Waals surface area contributed by atoms with Gasteiger partial charge < -0.3 is 10.2 Å². The van der Waals surface area contributed by atoms with E-state index in [2.05, 4.69) is 49.2 Å². The zero-order valence-electron chi connectivity index (χ0n) is 13.9. The highest BCUT2D eigenvalue weighted by Crippen LogP contribution is 2.39. The summed E-state index contributed by atoms with van der Waals surface area (Å²) in [5.74, 6) is 0.960. The van der Waals surface area contributed by atoms with E-state index in [0.29, 0.717) is 6.04 Å². The average Bonchev–Trinajstić information content (AvgIpc) is 2.89. The summed E-state index contributed by atoms with van der Waals surface area (Å²) in [6.07, 6.45) is 7.14. The van der Waals surface area contributed by atoms with Gasteiger partial charge in [-0.25, -0.2) is 0 Å². The van der Waals surface area contributed by atoms with Gasteiger partial charge in [0.2, 0.25) is 0 Å². The van der Waals surface area contributed by atoms with E-state index in [4.69, 9.17) is 0 Å². The zero-order chi connectivity index (χ0) is 14.8. The second-order valence-corrected chi connectivity index (χ2v) is 7.24. The van der Waals surface area contributed by atoms with Crippen LogP contribution in [0.5, 0.6) is 0 Å². The first-order valence-corrected chi connectivity index (χ1v) is 8.74. The van der Waals surface area contributed by atoms with Gasteiger partial charge in [0, 0.05) is 30.9 Å². The fourth-order valence-corrected chi connectivity index (χ4v) is 4.10. The van der Waals surface area contributed by atoms with Crippen molar-refractivity contribution < 1.29 is 0 Å². The minimum atomic E-state index is 0.547. The molecule has 116 valence electrons. The normalized spacial score (nSPS) is 25.4. The lowest BCUT2D eigenvalue weighted by Gasteiger charge is -2.33. The molecule has 2 atom stereocenters. The Morgan fingerprint density at radius 1 is 1.19 bits per heavy atom. The van der Waals surface area contributed by atoms with Crippen LogP contribution in [0.3, 0.4) is 0 Å². The van der Waals surface area contributed by atoms with Crippen molar-refractivity contribution in [1.29, 1.82) is 0 Å². The number of fused-ring (bicyclic) bond motifs is 1. The third-order valence-corrected chi connectivity index (χ3v) is 5.37. The van der Waals surface area contributed by atoms with Gasteiger partial charge in [-0.05, 0) is 55.4 Å². The Bertz CT molecular complexity index is 480. The molecule has 0 amide bonds. The van der Waals surface area contributed by atoms with Crippen molar-refractivity contribution in [2.45, 2.75) is 71.5 Å². The first-order chi connectivity index (χ1) is 10.1. The lowest BCUT2D eigenvalue weighted by molar-refractivity contribution is 0.342. The molecule has 2 unspecified atom stereocenters. The van der Waals surface area contributed by atoms with Crippen molar-refractivity contribution in [1.82, 2.24) is 5.32 Å². The van der Waals surface area contributed by atoms with Crippen LogP contribution >= 0.6 is 0 Å². The molecular formula is C19H30N2. The number of anilines is 1. The summed E-state index contributed by atoms with van der Waals surface area (Å²) >= 11 is 0. The molecule has 0 radical (unpaired) electrons. The second kappa shape index (κ2) is 6.39. The molecule has 0 spiro atoms. The maximum absolute atomic E-state index is 3.52. The predicted octanol–water partition coefficient (Wildman–Crippen LogP) is 4.26. The molecule has 0 aromatic heterocycles. The van der Waals surface area contributed by atoms with Crippen LogP contribution in [0.15, 0.2) is 18.2 Å². The highest BCUT2D eigenvalue weighted by molar-refractivity contribution is 5.52. The Hall–Kier alpha value is -1.02. The SMILES string of the molecule is Cc1cc(N2CCC3CCCCC32)ccc1CNC(C)C. The highest BCUT2D eigenvalue weighted by Gasteiger charge is 2.35. The minimum Gasteiger partial charge on any atom is -0.368 e. The van der Waals surface area contributed by atoms with E-state index < -0.39 is 0 Å². The van der Waals surface area contributed by atoms with Gasteiger partial charge in [0.1, 0.15) is 0 Å². The second-order valence-electron chi connectivity index (χ2n) is 7.24. The molecule has 0 bridgehead atoms. The van der Waals surface area contributed by atoms with Gasteiger partial charge >= 0.3 is 0 Å². The monoisotopic (exact) mass is 286 g/mol. The van der Waals surface area contributed by atoms with Crippen molar-refractivity contribution in [3.63, 3.8) is 0 Å². The summed E-state index contributed by atoms with van der Waals surface area (Å²) in [4.78, 5) is 2.69. The summed E-state index contributed by atoms with van der Waals surface area (Å²) in [5.41, 5.74) is 4.32. The molecule has 1 N–H and O–H groups in total. The quantitative estimate of drug-likeness (QED) is 0.889. The van der Waals surface area contributed by atoms with Crippen LogP contribution in [0.4, 0.5) is 5.69 Å². The largest absolute Gasteiger partial charge is 0.368 e. The third-order valence-electron chi connectivity index (χ3n) is 5.37. The van der Waals surface area contributed by atoms with E-state index in [-0.39, 0.29) is 0 Å². The van der Waals surface area contributed by atoms with E-state index in [1.165, 1.54) is 55.5 Å². The van der Waals surface area contributed by atoms with Crippen LogP contribution in [-0.4, -0.2) is 18.6 Å². The molecule has 1 aliphatic carbocycles. The molecule has 2 nitrogen and oxygen atoms in total. The Morgan fingerprint density at radius 2 is 2.00 bits per heavy atom. The standard InChI is InChI=1S/C19H30N2/c1-14(2)20-13-17-8-9-18(12-15(17)3)21-11-10-16-6-4-5-7-19(16)21/h8-9,12,14,16,19-20H,4-7,10-11,13H2,1-3H3. The highest BCUT2D eigenvalue weighted by atomic mass is 15.2. The third kappa shape index (κ3) is 3.26. The molecular weight excluding hydrogens is 256 g/mol. The smallest absolute Gasteiger partial charge is 0.0371 e. The summed E-state index contributed by atoms with van der Waals surface area (Å²) in [6, 6.07) is 8.45. The van der Waals surface area contributed by atoms with Gasteiger partial charge in [0.15, 0.2) is 0 Å². The molecule has 2 heteroatoms. The molecule has 1 aliphatic heterocycles. The lowest BCUT2D eigenvalue weighted by atomic mass is 9.85. The fourth-order valence-electron chi connectivity index (χ4n) is 4.10. The van der Waals surface area contributed by atoms with Crippen LogP contribution in [-0.2, 0) is 6.54 Å². The molecule has 2 fully saturated rings. The van der Waals surface area contributed by atoms with Gasteiger partial charge in [-0.1, -0.05) is 32.8 Å². The number of hydrogen-bond acceptors (Lipinski definition) is 2. The van der Waals surface area contributed by atoms with Gasteiger partial charge in [-0.15, -0.1) is 0 Å². The topological polar surface area (TPSA) is 15.3 Å². The number of nitrogens with zero attached hydrogens (tertiary/aromatic N) is 1. The molecule has 21 heavy (non-hydrogen) atoms. The summed E-state index contributed by atoms with van der Waals surface area (Å²) < 4.78 is 0. The zero-order valence-corrected chi connectivity index (χ0v) is 13.9. The lowest BCUT2D eigenvalue weighted by Crippen LogP contribution is -2.34. The van der Waals surface area contributed by atoms with Gasteiger partial charge in [-0.2, -0.15) is 0 Å². The fraction of sp³-hybridized carbons (Fsp3) is 0.684. The van der Waals surface area contributed by atoms with Crippen molar-refractivity contribution in [2.24, 2.45) is 5.92 Å². The minimum absolute atomic E-state index is 0.547. The molecule has 1 saturated carbocycles. The number of nitrogens with one attached hydrogen (secondary N) is 1. The van der Waals surface area contributed by atoms with Crippen LogP contribution in [0.1, 0.15) is 57.1 Å². The van der Waals surface area contributed by atoms with Crippen molar-refractivity contribution >= 4 is 5.69 Å². The first kappa shape index (κ1) is 14.9. The van der Waals surface area contributed by atoms with Gasteiger partial charge in [0.25, 0.3) is 0 Å². The molecule has 1 aromatic rings. The molecule has 1 saturated heterocycles. The van der Waals surface area contributed by atoms with Crippen LogP contribution < -0.4 is 10.2 Å². The van der Waals surface area contributed by atoms with Crippen LogP contribution in [0.25, 0.3) is 0 Å². The van der Waals surface area contributed by atoms with Gasteiger partial charge in [0.05, 0.1) is 0 Å². The van der Waals surface area contributed by atoms with Crippen molar-refractivity contribution in [3.8, 4) is 0 Å². The number of aryl methyl sites for hydroxylation is 1. The molecule has 1 heterocycles. The molecule has 3 rings (SSSR count). The number of hydrogen-bond donors (Lipinski definition) is 1. The van der Waals surface area contributed by atoms with Crippen molar-refractivity contribution in [2.75, 3.05) is 11.4 Å². The van der Waals surface area contributed by atoms with Crippen molar-refractivity contribution in [3.05, 3.63) is 29.3 Å². The van der Waals surface area contributed by atoms with Crippen LogP contribution in [0, 0.1) is 12.8 Å².